The molecule has 0 aliphatic heterocycles. The predicted octanol–water partition coefficient (Wildman–Crippen LogP) is 9.52. The van der Waals surface area contributed by atoms with Crippen LogP contribution in [0.5, 0.6) is 0 Å². The first-order valence-electron chi connectivity index (χ1n) is 15.0. The normalized spacial score (nSPS) is 39.5. The van der Waals surface area contributed by atoms with Crippen molar-refractivity contribution in [3.63, 3.8) is 0 Å². The molecule has 4 aliphatic carbocycles. The molecule has 0 bridgehead atoms. The summed E-state index contributed by atoms with van der Waals surface area (Å²) in [6.45, 7) is 16.8. The Kier molecular flexibility index (Phi) is 6.74. The summed E-state index contributed by atoms with van der Waals surface area (Å²) in [6, 6.07) is 3.88. The molecule has 7 atom stereocenters. The van der Waals surface area contributed by atoms with E-state index in [1.807, 2.05) is 18.2 Å². The van der Waals surface area contributed by atoms with E-state index in [0.717, 1.165) is 47.3 Å². The van der Waals surface area contributed by atoms with Gasteiger partial charge in [-0.25, -0.2) is 0 Å². The first kappa shape index (κ1) is 26.1. The van der Waals surface area contributed by atoms with Crippen molar-refractivity contribution < 1.29 is 9.21 Å². The Morgan fingerprint density at radius 3 is 2.53 bits per heavy atom. The number of carbonyl (C=O) groups excluding carboxylic acids is 1. The third-order valence-electron chi connectivity index (χ3n) is 11.6. The first-order chi connectivity index (χ1) is 17.0. The molecule has 5 rings (SSSR count). The average Bonchev–Trinajstić information content (AvgIpc) is 3.44. The SMILES string of the molecule is CC(C)CCC[C@H](C)[C@H]1CC[C@H]2[C@@H]3CC=C4C(C)(C)C(=O)/C(=C\c5ccco5)C[C@]4(C)[C@H]3CC[C@]12C. The number of furan rings is 1. The van der Waals surface area contributed by atoms with Crippen LogP contribution < -0.4 is 0 Å². The van der Waals surface area contributed by atoms with Crippen LogP contribution in [0.15, 0.2) is 40.0 Å². The van der Waals surface area contributed by atoms with Crippen molar-refractivity contribution in [1.82, 2.24) is 0 Å². The van der Waals surface area contributed by atoms with E-state index in [1.165, 1.54) is 56.9 Å². The predicted molar refractivity (Wildman–Crippen MR) is 149 cm³/mol. The summed E-state index contributed by atoms with van der Waals surface area (Å²) >= 11 is 0. The molecule has 0 unspecified atom stereocenters. The Morgan fingerprint density at radius 1 is 1.06 bits per heavy atom. The standard InChI is InChI=1S/C34H50O2/c1-22(2)10-8-11-23(3)27-14-15-28-26-13-16-30-32(4,5)31(35)24(20-25-12-9-19-36-25)21-34(30,7)29(26)17-18-33(27,28)6/h9,12,16,19-20,22-23,26-29H,8,10-11,13-15,17-18,21H2,1-7H3/b24-20-/t23-,26-,27+,28-,29-,33+,34+/m0/s1. The molecule has 0 aromatic carbocycles. The first-order valence-corrected chi connectivity index (χ1v) is 15.0. The molecule has 1 aromatic heterocycles. The van der Waals surface area contributed by atoms with E-state index >= 15 is 0 Å². The summed E-state index contributed by atoms with van der Waals surface area (Å²) in [5.41, 5.74) is 2.53. The number of carbonyl (C=O) groups is 1. The molecule has 0 amide bonds. The minimum atomic E-state index is -0.430. The number of allylic oxidation sites excluding steroid dienone is 3. The van der Waals surface area contributed by atoms with E-state index in [4.69, 9.17) is 4.42 Å². The molecular formula is C34H50O2. The third kappa shape index (κ3) is 4.10. The Bertz CT molecular complexity index is 1020. The summed E-state index contributed by atoms with van der Waals surface area (Å²) in [4.78, 5) is 13.7. The zero-order valence-corrected chi connectivity index (χ0v) is 24.0. The minimum absolute atomic E-state index is 0.0705. The molecule has 0 spiro atoms. The smallest absolute Gasteiger partial charge is 0.168 e. The highest BCUT2D eigenvalue weighted by Gasteiger charge is 2.61. The van der Waals surface area contributed by atoms with E-state index in [1.54, 1.807) is 6.26 Å². The van der Waals surface area contributed by atoms with Gasteiger partial charge in [0.2, 0.25) is 0 Å². The average molecular weight is 491 g/mol. The fraction of sp³-hybridized carbons (Fsp3) is 0.735. The number of Topliss-reactive ketones (excluding diaryl/α,β-unsaturated/α-hetero) is 1. The molecule has 2 heteroatoms. The van der Waals surface area contributed by atoms with Gasteiger partial charge in [-0.15, -0.1) is 0 Å². The fourth-order valence-corrected chi connectivity index (χ4v) is 9.98. The topological polar surface area (TPSA) is 30.2 Å². The number of rotatable bonds is 6. The molecule has 2 nitrogen and oxygen atoms in total. The van der Waals surface area contributed by atoms with E-state index in [2.05, 4.69) is 54.5 Å². The summed E-state index contributed by atoms with van der Waals surface area (Å²) in [5, 5.41) is 0. The summed E-state index contributed by atoms with van der Waals surface area (Å²) in [5.74, 6) is 5.92. The fourth-order valence-electron chi connectivity index (χ4n) is 9.98. The lowest BCUT2D eigenvalue weighted by Gasteiger charge is -2.60. The van der Waals surface area contributed by atoms with Crippen molar-refractivity contribution in [1.29, 1.82) is 0 Å². The van der Waals surface area contributed by atoms with Gasteiger partial charge in [-0.1, -0.05) is 65.5 Å². The van der Waals surface area contributed by atoms with Gasteiger partial charge < -0.3 is 4.42 Å². The summed E-state index contributed by atoms with van der Waals surface area (Å²) in [6.07, 6.45) is 18.0. The Labute approximate surface area is 220 Å². The second kappa shape index (κ2) is 9.32. The largest absolute Gasteiger partial charge is 0.465 e. The molecule has 0 N–H and O–H groups in total. The van der Waals surface area contributed by atoms with Crippen molar-refractivity contribution in [2.24, 2.45) is 51.8 Å². The minimum Gasteiger partial charge on any atom is -0.465 e. The Hall–Kier alpha value is -1.57. The lowest BCUT2D eigenvalue weighted by Crippen LogP contribution is -2.54. The third-order valence-corrected chi connectivity index (χ3v) is 11.6. The molecule has 0 radical (unpaired) electrons. The van der Waals surface area contributed by atoms with Gasteiger partial charge in [0.05, 0.1) is 6.26 Å². The van der Waals surface area contributed by atoms with E-state index < -0.39 is 5.41 Å². The molecule has 0 saturated heterocycles. The Balaban J connectivity index is 1.42. The van der Waals surface area contributed by atoms with Crippen LogP contribution in [-0.2, 0) is 4.79 Å². The highest BCUT2D eigenvalue weighted by molar-refractivity contribution is 6.06. The molecule has 1 heterocycles. The van der Waals surface area contributed by atoms with Gasteiger partial charge in [0, 0.05) is 11.0 Å². The van der Waals surface area contributed by atoms with Crippen LogP contribution in [0.2, 0.25) is 0 Å². The van der Waals surface area contributed by atoms with Crippen LogP contribution >= 0.6 is 0 Å². The summed E-state index contributed by atoms with van der Waals surface area (Å²) in [7, 11) is 0. The number of ketones is 1. The monoisotopic (exact) mass is 490 g/mol. The zero-order chi connectivity index (χ0) is 25.9. The molecule has 1 aromatic rings. The van der Waals surface area contributed by atoms with Gasteiger partial charge in [-0.2, -0.15) is 0 Å². The van der Waals surface area contributed by atoms with Crippen molar-refractivity contribution in [2.45, 2.75) is 106 Å². The van der Waals surface area contributed by atoms with Gasteiger partial charge in [-0.05, 0) is 117 Å². The second-order valence-electron chi connectivity index (χ2n) is 14.5. The van der Waals surface area contributed by atoms with Gasteiger partial charge in [-0.3, -0.25) is 4.79 Å². The van der Waals surface area contributed by atoms with Gasteiger partial charge in [0.15, 0.2) is 5.78 Å². The van der Waals surface area contributed by atoms with E-state index in [9.17, 15) is 4.79 Å². The maximum Gasteiger partial charge on any atom is 0.168 e. The van der Waals surface area contributed by atoms with Crippen molar-refractivity contribution in [2.75, 3.05) is 0 Å². The number of hydrogen-bond donors (Lipinski definition) is 0. The van der Waals surface area contributed by atoms with Crippen LogP contribution in [-0.4, -0.2) is 5.78 Å². The van der Waals surface area contributed by atoms with Crippen LogP contribution in [0.25, 0.3) is 6.08 Å². The molecule has 4 aliphatic rings. The van der Waals surface area contributed by atoms with Gasteiger partial charge in [0.25, 0.3) is 0 Å². The number of fused-ring (bicyclic) bond motifs is 5. The quantitative estimate of drug-likeness (QED) is 0.293. The molecule has 3 saturated carbocycles. The van der Waals surface area contributed by atoms with Crippen molar-refractivity contribution in [3.8, 4) is 0 Å². The summed E-state index contributed by atoms with van der Waals surface area (Å²) < 4.78 is 5.63. The van der Waals surface area contributed by atoms with E-state index in [0.29, 0.717) is 11.3 Å². The van der Waals surface area contributed by atoms with Crippen molar-refractivity contribution >= 4 is 11.9 Å². The zero-order valence-electron chi connectivity index (χ0n) is 24.0. The highest BCUT2D eigenvalue weighted by atomic mass is 16.3. The lowest BCUT2D eigenvalue weighted by atomic mass is 9.44. The lowest BCUT2D eigenvalue weighted by molar-refractivity contribution is -0.126. The van der Waals surface area contributed by atoms with Crippen LogP contribution in [0.1, 0.15) is 112 Å². The second-order valence-corrected chi connectivity index (χ2v) is 14.5. The van der Waals surface area contributed by atoms with Gasteiger partial charge >= 0.3 is 0 Å². The van der Waals surface area contributed by atoms with Crippen LogP contribution in [0, 0.1) is 51.8 Å². The van der Waals surface area contributed by atoms with Crippen LogP contribution in [0.4, 0.5) is 0 Å². The Morgan fingerprint density at radius 2 is 1.83 bits per heavy atom. The van der Waals surface area contributed by atoms with Crippen LogP contribution in [0.3, 0.4) is 0 Å². The maximum atomic E-state index is 13.7. The molecule has 198 valence electrons. The van der Waals surface area contributed by atoms with Crippen molar-refractivity contribution in [3.05, 3.63) is 41.4 Å². The highest BCUT2D eigenvalue weighted by Crippen LogP contribution is 2.69. The van der Waals surface area contributed by atoms with Gasteiger partial charge in [0.1, 0.15) is 5.76 Å². The maximum absolute atomic E-state index is 13.7. The molecule has 3 fully saturated rings. The number of hydrogen-bond acceptors (Lipinski definition) is 2. The molecule has 36 heavy (non-hydrogen) atoms. The van der Waals surface area contributed by atoms with E-state index in [-0.39, 0.29) is 11.2 Å². The molecular weight excluding hydrogens is 440 g/mol.